The third-order valence-electron chi connectivity index (χ3n) is 6.67. The van der Waals surface area contributed by atoms with Crippen molar-refractivity contribution in [1.82, 2.24) is 14.9 Å². The van der Waals surface area contributed by atoms with Crippen LogP contribution in [-0.2, 0) is 7.05 Å². The molecule has 1 saturated heterocycles. The molecule has 1 N–H and O–H groups in total. The van der Waals surface area contributed by atoms with Crippen molar-refractivity contribution in [3.05, 3.63) is 107 Å². The number of thiocarbonyl (C=S) groups is 1. The number of nitrogens with one attached hydrogen (secondary N) is 1. The Labute approximate surface area is 206 Å². The Kier molecular flexibility index (Phi) is 5.84. The lowest BCUT2D eigenvalue weighted by atomic mass is 9.96. The maximum absolute atomic E-state index is 6.11. The summed E-state index contributed by atoms with van der Waals surface area (Å²) in [6.07, 6.45) is 1.83. The molecule has 1 aliphatic heterocycles. The van der Waals surface area contributed by atoms with Crippen LogP contribution in [0.5, 0.6) is 11.5 Å². The molecule has 0 radical (unpaired) electrons. The molecule has 6 heteroatoms. The quantitative estimate of drug-likeness (QED) is 0.348. The zero-order chi connectivity index (χ0) is 23.8. The van der Waals surface area contributed by atoms with E-state index in [0.717, 1.165) is 28.4 Å². The number of pyridine rings is 1. The van der Waals surface area contributed by atoms with Crippen molar-refractivity contribution in [1.29, 1.82) is 0 Å². The highest BCUT2D eigenvalue weighted by Crippen LogP contribution is 2.43. The molecule has 4 aromatic rings. The molecule has 1 fully saturated rings. The summed E-state index contributed by atoms with van der Waals surface area (Å²) >= 11 is 5.86. The van der Waals surface area contributed by atoms with Crippen LogP contribution in [0, 0.1) is 20.8 Å². The Hall–Kier alpha value is -3.64. The second-order valence-corrected chi connectivity index (χ2v) is 9.13. The molecule has 0 amide bonds. The van der Waals surface area contributed by atoms with Gasteiger partial charge in [0.15, 0.2) is 5.11 Å². The summed E-state index contributed by atoms with van der Waals surface area (Å²) in [5.41, 5.74) is 6.76. The van der Waals surface area contributed by atoms with Crippen LogP contribution in [0.4, 0.5) is 5.69 Å². The first-order valence-corrected chi connectivity index (χ1v) is 11.8. The van der Waals surface area contributed by atoms with E-state index in [1.807, 2.05) is 61.7 Å². The highest BCUT2D eigenvalue weighted by atomic mass is 32.1. The first-order valence-electron chi connectivity index (χ1n) is 11.4. The average Bonchev–Trinajstić information content (AvgIpc) is 3.32. The van der Waals surface area contributed by atoms with Crippen LogP contribution in [-0.4, -0.2) is 14.7 Å². The van der Waals surface area contributed by atoms with E-state index in [1.54, 1.807) is 0 Å². The second-order valence-electron chi connectivity index (χ2n) is 8.74. The molecule has 3 heterocycles. The van der Waals surface area contributed by atoms with Gasteiger partial charge in [-0.3, -0.25) is 4.98 Å². The van der Waals surface area contributed by atoms with Crippen LogP contribution < -0.4 is 15.0 Å². The number of anilines is 1. The molecule has 0 bridgehead atoms. The molecule has 2 aromatic heterocycles. The zero-order valence-electron chi connectivity index (χ0n) is 19.8. The summed E-state index contributed by atoms with van der Waals surface area (Å²) < 4.78 is 8.34. The van der Waals surface area contributed by atoms with Gasteiger partial charge in [0.25, 0.3) is 0 Å². The SMILES string of the molecule is Cc1ccccc1Oc1ccc(N2C(=S)N[C@@H](c3ccccn3)[C@H]2c2cc(C)n(C)c2C)cc1. The molecular formula is C28H28N4OS. The number of benzene rings is 2. The van der Waals surface area contributed by atoms with Gasteiger partial charge in [-0.15, -0.1) is 0 Å². The number of aryl methyl sites for hydroxylation is 2. The first-order chi connectivity index (χ1) is 16.4. The lowest BCUT2D eigenvalue weighted by Crippen LogP contribution is -2.29. The Morgan fingerprint density at radius 1 is 0.941 bits per heavy atom. The van der Waals surface area contributed by atoms with Crippen LogP contribution in [0.2, 0.25) is 0 Å². The van der Waals surface area contributed by atoms with Crippen molar-refractivity contribution in [3.63, 3.8) is 0 Å². The third-order valence-corrected chi connectivity index (χ3v) is 6.98. The number of para-hydroxylation sites is 1. The van der Waals surface area contributed by atoms with Gasteiger partial charge in [0.2, 0.25) is 0 Å². The van der Waals surface area contributed by atoms with Gasteiger partial charge in [-0.05, 0) is 92.6 Å². The number of aromatic nitrogens is 2. The predicted molar refractivity (Wildman–Crippen MR) is 141 cm³/mol. The van der Waals surface area contributed by atoms with Crippen molar-refractivity contribution >= 4 is 23.0 Å². The Balaban J connectivity index is 1.53. The van der Waals surface area contributed by atoms with E-state index in [0.29, 0.717) is 5.11 Å². The van der Waals surface area contributed by atoms with Gasteiger partial charge in [0.05, 0.1) is 17.8 Å². The fourth-order valence-electron chi connectivity index (χ4n) is 4.61. The Bertz CT molecular complexity index is 1330. The van der Waals surface area contributed by atoms with Crippen molar-refractivity contribution in [2.24, 2.45) is 7.05 Å². The lowest BCUT2D eigenvalue weighted by molar-refractivity contribution is 0.479. The molecular weight excluding hydrogens is 440 g/mol. The number of nitrogens with zero attached hydrogens (tertiary/aromatic N) is 3. The normalized spacial score (nSPS) is 17.6. The maximum atomic E-state index is 6.11. The van der Waals surface area contributed by atoms with Gasteiger partial charge in [0.1, 0.15) is 11.5 Å². The van der Waals surface area contributed by atoms with E-state index in [-0.39, 0.29) is 12.1 Å². The monoisotopic (exact) mass is 468 g/mol. The van der Waals surface area contributed by atoms with E-state index in [1.165, 1.54) is 17.0 Å². The van der Waals surface area contributed by atoms with Crippen LogP contribution in [0.15, 0.2) is 79.0 Å². The smallest absolute Gasteiger partial charge is 0.174 e. The fraction of sp³-hybridized carbons (Fsp3) is 0.214. The van der Waals surface area contributed by atoms with E-state index in [4.69, 9.17) is 17.0 Å². The minimum Gasteiger partial charge on any atom is -0.457 e. The molecule has 2 aromatic carbocycles. The molecule has 5 nitrogen and oxygen atoms in total. The molecule has 5 rings (SSSR count). The predicted octanol–water partition coefficient (Wildman–Crippen LogP) is 6.31. The van der Waals surface area contributed by atoms with Gasteiger partial charge >= 0.3 is 0 Å². The Morgan fingerprint density at radius 2 is 1.68 bits per heavy atom. The number of ether oxygens (including phenoxy) is 1. The summed E-state index contributed by atoms with van der Waals surface area (Å²) in [7, 11) is 2.10. The maximum Gasteiger partial charge on any atom is 0.174 e. The fourth-order valence-corrected chi connectivity index (χ4v) is 4.95. The van der Waals surface area contributed by atoms with E-state index < -0.39 is 0 Å². The molecule has 2 atom stereocenters. The van der Waals surface area contributed by atoms with Crippen LogP contribution in [0.1, 0.15) is 40.3 Å². The van der Waals surface area contributed by atoms with Gasteiger partial charge in [-0.25, -0.2) is 0 Å². The molecule has 1 aliphatic rings. The van der Waals surface area contributed by atoms with Gasteiger partial charge in [-0.2, -0.15) is 0 Å². The van der Waals surface area contributed by atoms with Gasteiger partial charge in [-0.1, -0.05) is 24.3 Å². The summed E-state index contributed by atoms with van der Waals surface area (Å²) in [5, 5.41) is 4.23. The second kappa shape index (κ2) is 8.95. The van der Waals surface area contributed by atoms with Crippen molar-refractivity contribution in [2.45, 2.75) is 32.9 Å². The zero-order valence-corrected chi connectivity index (χ0v) is 20.6. The minimum absolute atomic E-state index is 0.0227. The summed E-state index contributed by atoms with van der Waals surface area (Å²) in [4.78, 5) is 6.85. The minimum atomic E-state index is -0.0582. The highest BCUT2D eigenvalue weighted by molar-refractivity contribution is 7.80. The van der Waals surface area contributed by atoms with Gasteiger partial charge in [0, 0.05) is 30.3 Å². The average molecular weight is 469 g/mol. The van der Waals surface area contributed by atoms with Gasteiger partial charge < -0.3 is 19.5 Å². The molecule has 172 valence electrons. The summed E-state index contributed by atoms with van der Waals surface area (Å²) in [5.74, 6) is 1.65. The lowest BCUT2D eigenvalue weighted by Gasteiger charge is -2.28. The Morgan fingerprint density at radius 3 is 2.32 bits per heavy atom. The van der Waals surface area contributed by atoms with Crippen molar-refractivity contribution in [3.8, 4) is 11.5 Å². The first kappa shape index (κ1) is 22.2. The van der Waals surface area contributed by atoms with Crippen molar-refractivity contribution < 1.29 is 4.74 Å². The molecule has 0 saturated carbocycles. The van der Waals surface area contributed by atoms with Crippen LogP contribution >= 0.6 is 12.2 Å². The number of rotatable bonds is 5. The molecule has 0 spiro atoms. The number of hydrogen-bond donors (Lipinski definition) is 1. The van der Waals surface area contributed by atoms with E-state index >= 15 is 0 Å². The van der Waals surface area contributed by atoms with E-state index in [9.17, 15) is 0 Å². The van der Waals surface area contributed by atoms with Crippen LogP contribution in [0.3, 0.4) is 0 Å². The molecule has 34 heavy (non-hydrogen) atoms. The third kappa shape index (κ3) is 3.94. The number of hydrogen-bond acceptors (Lipinski definition) is 3. The molecule has 0 aliphatic carbocycles. The largest absolute Gasteiger partial charge is 0.457 e. The standard InChI is InChI=1S/C28H28N4OS/c1-18-9-5-6-11-25(18)33-22-14-12-21(13-15-22)32-27(23-17-19(2)31(4)20(23)3)26(30-28(32)34)24-10-7-8-16-29-24/h5-17,26-27H,1-4H3,(H,30,34)/t26-,27+/m0/s1. The van der Waals surface area contributed by atoms with E-state index in [2.05, 4.69) is 64.9 Å². The summed E-state index contributed by atoms with van der Waals surface area (Å²) in [6.45, 7) is 6.34. The highest BCUT2D eigenvalue weighted by Gasteiger charge is 2.42. The molecule has 0 unspecified atom stereocenters. The topological polar surface area (TPSA) is 42.3 Å². The summed E-state index contributed by atoms with van der Waals surface area (Å²) in [6, 6.07) is 24.4. The van der Waals surface area contributed by atoms with Crippen LogP contribution in [0.25, 0.3) is 0 Å². The van der Waals surface area contributed by atoms with Crippen molar-refractivity contribution in [2.75, 3.05) is 4.90 Å².